The number of carbonyl (C=O) groups excluding carboxylic acids is 1. The molecule has 1 aliphatic heterocycles. The molecular formula is C15H19NOS. The topological polar surface area (TPSA) is 20.3 Å². The second-order valence-electron chi connectivity index (χ2n) is 5.17. The molecule has 0 radical (unpaired) electrons. The van der Waals surface area contributed by atoms with Gasteiger partial charge in [-0.05, 0) is 18.4 Å². The van der Waals surface area contributed by atoms with E-state index in [4.69, 9.17) is 0 Å². The Bertz CT molecular complexity index is 414. The molecular weight excluding hydrogens is 242 g/mol. The highest BCUT2D eigenvalue weighted by atomic mass is 32.2. The molecule has 96 valence electrons. The number of rotatable bonds is 2. The fourth-order valence-corrected chi connectivity index (χ4v) is 4.31. The Morgan fingerprint density at radius 3 is 2.50 bits per heavy atom. The number of nitrogens with zero attached hydrogens (tertiary/aromatic N) is 1. The normalized spacial score (nSPS) is 25.7. The average Bonchev–Trinajstić information content (AvgIpc) is 2.83. The zero-order valence-corrected chi connectivity index (χ0v) is 11.4. The number of benzene rings is 1. The summed E-state index contributed by atoms with van der Waals surface area (Å²) in [6.45, 7) is 0. The number of hydrogen-bond acceptors (Lipinski definition) is 2. The monoisotopic (exact) mass is 261 g/mol. The van der Waals surface area contributed by atoms with Gasteiger partial charge in [-0.2, -0.15) is 0 Å². The Morgan fingerprint density at radius 2 is 1.78 bits per heavy atom. The van der Waals surface area contributed by atoms with Crippen LogP contribution in [0.4, 0.5) is 0 Å². The highest BCUT2D eigenvalue weighted by Gasteiger charge is 2.37. The fraction of sp³-hybridized carbons (Fsp3) is 0.533. The van der Waals surface area contributed by atoms with Gasteiger partial charge < -0.3 is 4.90 Å². The summed E-state index contributed by atoms with van der Waals surface area (Å²) in [6.07, 6.45) is 6.27. The molecule has 0 spiro atoms. The van der Waals surface area contributed by atoms with Crippen LogP contribution in [0.5, 0.6) is 0 Å². The molecule has 1 saturated carbocycles. The summed E-state index contributed by atoms with van der Waals surface area (Å²) in [4.78, 5) is 14.3. The molecule has 1 aromatic rings. The fourth-order valence-electron chi connectivity index (χ4n) is 3.06. The molecule has 1 atom stereocenters. The molecule has 1 amide bonds. The van der Waals surface area contributed by atoms with Gasteiger partial charge in [0.05, 0.1) is 5.75 Å². The van der Waals surface area contributed by atoms with Crippen molar-refractivity contribution in [1.29, 1.82) is 0 Å². The van der Waals surface area contributed by atoms with E-state index < -0.39 is 0 Å². The Labute approximate surface area is 113 Å². The zero-order valence-electron chi connectivity index (χ0n) is 10.5. The summed E-state index contributed by atoms with van der Waals surface area (Å²) in [5.41, 5.74) is 1.28. The van der Waals surface area contributed by atoms with Crippen LogP contribution in [-0.4, -0.2) is 22.6 Å². The van der Waals surface area contributed by atoms with Crippen LogP contribution in [0.2, 0.25) is 0 Å². The number of amides is 1. The van der Waals surface area contributed by atoms with Crippen molar-refractivity contribution in [2.24, 2.45) is 0 Å². The van der Waals surface area contributed by atoms with E-state index in [0.717, 1.165) is 0 Å². The maximum atomic E-state index is 12.2. The Kier molecular flexibility index (Phi) is 3.59. The van der Waals surface area contributed by atoms with Crippen molar-refractivity contribution in [3.63, 3.8) is 0 Å². The minimum atomic E-state index is 0.252. The Balaban J connectivity index is 1.83. The molecule has 0 aromatic heterocycles. The molecule has 1 unspecified atom stereocenters. The van der Waals surface area contributed by atoms with Crippen molar-refractivity contribution in [2.75, 3.05) is 5.75 Å². The van der Waals surface area contributed by atoms with Crippen LogP contribution < -0.4 is 0 Å². The molecule has 0 bridgehead atoms. The van der Waals surface area contributed by atoms with Crippen molar-refractivity contribution in [3.8, 4) is 0 Å². The van der Waals surface area contributed by atoms with E-state index in [1.54, 1.807) is 11.8 Å². The van der Waals surface area contributed by atoms with Gasteiger partial charge in [-0.3, -0.25) is 4.79 Å². The largest absolute Gasteiger partial charge is 0.323 e. The van der Waals surface area contributed by atoms with E-state index in [1.807, 2.05) is 6.07 Å². The van der Waals surface area contributed by atoms with E-state index in [9.17, 15) is 4.79 Å². The second-order valence-corrected chi connectivity index (χ2v) is 6.24. The first-order valence-corrected chi connectivity index (χ1v) is 7.89. The lowest BCUT2D eigenvalue weighted by atomic mass is 9.94. The summed E-state index contributed by atoms with van der Waals surface area (Å²) >= 11 is 1.78. The summed E-state index contributed by atoms with van der Waals surface area (Å²) in [5, 5.41) is 0.252. The second kappa shape index (κ2) is 5.35. The third-order valence-corrected chi connectivity index (χ3v) is 5.19. The van der Waals surface area contributed by atoms with Crippen molar-refractivity contribution in [1.82, 2.24) is 4.90 Å². The van der Waals surface area contributed by atoms with E-state index in [-0.39, 0.29) is 5.37 Å². The van der Waals surface area contributed by atoms with E-state index in [0.29, 0.717) is 17.7 Å². The summed E-state index contributed by atoms with van der Waals surface area (Å²) < 4.78 is 0. The molecule has 1 aromatic carbocycles. The molecule has 0 N–H and O–H groups in total. The molecule has 18 heavy (non-hydrogen) atoms. The maximum absolute atomic E-state index is 12.2. The van der Waals surface area contributed by atoms with Gasteiger partial charge in [0.25, 0.3) is 0 Å². The SMILES string of the molecule is O=C1CSC(c2ccccc2)N1C1CCCCC1. The predicted octanol–water partition coefficient (Wildman–Crippen LogP) is 3.59. The molecule has 3 rings (SSSR count). The Morgan fingerprint density at radius 1 is 1.06 bits per heavy atom. The smallest absolute Gasteiger partial charge is 0.234 e. The van der Waals surface area contributed by atoms with Gasteiger partial charge in [0.1, 0.15) is 5.37 Å². The third-order valence-electron chi connectivity index (χ3n) is 3.96. The summed E-state index contributed by atoms with van der Waals surface area (Å²) in [7, 11) is 0. The van der Waals surface area contributed by atoms with Gasteiger partial charge in [-0.1, -0.05) is 49.6 Å². The predicted molar refractivity (Wildman–Crippen MR) is 75.4 cm³/mol. The number of hydrogen-bond donors (Lipinski definition) is 0. The summed E-state index contributed by atoms with van der Waals surface area (Å²) in [5.74, 6) is 0.983. The maximum Gasteiger partial charge on any atom is 0.234 e. The summed E-state index contributed by atoms with van der Waals surface area (Å²) in [6, 6.07) is 10.9. The van der Waals surface area contributed by atoms with E-state index >= 15 is 0 Å². The average molecular weight is 261 g/mol. The molecule has 1 aliphatic carbocycles. The highest BCUT2D eigenvalue weighted by Crippen LogP contribution is 2.42. The van der Waals surface area contributed by atoms with Gasteiger partial charge in [0.15, 0.2) is 0 Å². The van der Waals surface area contributed by atoms with E-state index in [2.05, 4.69) is 29.2 Å². The van der Waals surface area contributed by atoms with Crippen LogP contribution in [0.25, 0.3) is 0 Å². The van der Waals surface area contributed by atoms with Gasteiger partial charge in [0, 0.05) is 6.04 Å². The lowest BCUT2D eigenvalue weighted by Crippen LogP contribution is -2.39. The number of thioether (sulfide) groups is 1. The van der Waals surface area contributed by atoms with Crippen molar-refractivity contribution in [3.05, 3.63) is 35.9 Å². The molecule has 2 fully saturated rings. The highest BCUT2D eigenvalue weighted by molar-refractivity contribution is 8.00. The molecule has 2 aliphatic rings. The van der Waals surface area contributed by atoms with Crippen molar-refractivity contribution < 1.29 is 4.79 Å². The molecule has 2 nitrogen and oxygen atoms in total. The van der Waals surface area contributed by atoms with Crippen LogP contribution in [0.1, 0.15) is 43.0 Å². The van der Waals surface area contributed by atoms with Crippen LogP contribution >= 0.6 is 11.8 Å². The van der Waals surface area contributed by atoms with Crippen LogP contribution in [-0.2, 0) is 4.79 Å². The molecule has 3 heteroatoms. The quantitative estimate of drug-likeness (QED) is 0.811. The first-order chi connectivity index (χ1) is 8.86. The standard InChI is InChI=1S/C15H19NOS/c17-14-11-18-15(12-7-3-1-4-8-12)16(14)13-9-5-2-6-10-13/h1,3-4,7-8,13,15H,2,5-6,9-11H2. The minimum absolute atomic E-state index is 0.252. The lowest BCUT2D eigenvalue weighted by molar-refractivity contribution is -0.131. The Hall–Kier alpha value is -0.960. The van der Waals surface area contributed by atoms with Crippen LogP contribution in [0.15, 0.2) is 30.3 Å². The zero-order chi connectivity index (χ0) is 12.4. The van der Waals surface area contributed by atoms with Gasteiger partial charge in [0.2, 0.25) is 5.91 Å². The molecule has 1 heterocycles. The van der Waals surface area contributed by atoms with Gasteiger partial charge >= 0.3 is 0 Å². The van der Waals surface area contributed by atoms with Crippen molar-refractivity contribution >= 4 is 17.7 Å². The first-order valence-electron chi connectivity index (χ1n) is 6.84. The third kappa shape index (κ3) is 2.28. The van der Waals surface area contributed by atoms with E-state index in [1.165, 1.54) is 37.7 Å². The van der Waals surface area contributed by atoms with Gasteiger partial charge in [-0.15, -0.1) is 11.8 Å². The first kappa shape index (κ1) is 12.1. The number of carbonyl (C=O) groups is 1. The lowest BCUT2D eigenvalue weighted by Gasteiger charge is -2.35. The van der Waals surface area contributed by atoms with Crippen LogP contribution in [0, 0.1) is 0 Å². The molecule has 1 saturated heterocycles. The van der Waals surface area contributed by atoms with Crippen molar-refractivity contribution in [2.45, 2.75) is 43.5 Å². The minimum Gasteiger partial charge on any atom is -0.323 e. The van der Waals surface area contributed by atoms with Gasteiger partial charge in [-0.25, -0.2) is 0 Å². The van der Waals surface area contributed by atoms with Crippen LogP contribution in [0.3, 0.4) is 0 Å².